The van der Waals surface area contributed by atoms with Crippen molar-refractivity contribution in [3.8, 4) is 0 Å². The lowest BCUT2D eigenvalue weighted by molar-refractivity contribution is -0.165. The molecule has 5 saturated carbocycles. The van der Waals surface area contributed by atoms with Gasteiger partial charge < -0.3 is 10.6 Å². The average Bonchev–Trinajstić information content (AvgIpc) is 3.31. The van der Waals surface area contributed by atoms with E-state index in [2.05, 4.69) is 41.0 Å². The lowest BCUT2D eigenvalue weighted by Gasteiger charge is -2.65. The molecule has 0 aromatic heterocycles. The molecule has 1 saturated heterocycles. The third-order valence-corrected chi connectivity index (χ3v) is 8.98. The number of benzene rings is 1. The maximum atomic E-state index is 14.4. The molecule has 5 unspecified atom stereocenters. The van der Waals surface area contributed by atoms with Crippen LogP contribution in [0.1, 0.15) is 56.9 Å². The first-order valence-electron chi connectivity index (χ1n) is 11.2. The van der Waals surface area contributed by atoms with E-state index < -0.39 is 0 Å². The topological polar surface area (TPSA) is 41.1 Å². The van der Waals surface area contributed by atoms with E-state index in [0.717, 1.165) is 57.4 Å². The van der Waals surface area contributed by atoms with Gasteiger partial charge in [0.25, 0.3) is 0 Å². The van der Waals surface area contributed by atoms with Gasteiger partial charge in [0.2, 0.25) is 5.91 Å². The molecule has 4 heteroatoms. The molecule has 1 heterocycles. The third-order valence-electron chi connectivity index (χ3n) is 8.98. The molecular weight excluding hydrogens is 351 g/mol. The summed E-state index contributed by atoms with van der Waals surface area (Å²) in [5, 5.41) is 7.02. The van der Waals surface area contributed by atoms with E-state index in [9.17, 15) is 9.18 Å². The highest BCUT2D eigenvalue weighted by molar-refractivity contribution is 5.84. The van der Waals surface area contributed by atoms with Crippen molar-refractivity contribution < 1.29 is 9.18 Å². The number of carbonyl (C=O) groups excluding carboxylic acids is 1. The number of piperidine rings is 1. The van der Waals surface area contributed by atoms with Crippen LogP contribution in [0.4, 0.5) is 4.39 Å². The molecule has 150 valence electrons. The van der Waals surface area contributed by atoms with E-state index in [4.69, 9.17) is 0 Å². The maximum Gasteiger partial charge on any atom is 0.226 e. The maximum absolute atomic E-state index is 14.4. The predicted octanol–water partition coefficient (Wildman–Crippen LogP) is 3.73. The Morgan fingerprint density at radius 2 is 1.93 bits per heavy atom. The third kappa shape index (κ3) is 2.39. The number of fused-ring (bicyclic) bond motifs is 2. The van der Waals surface area contributed by atoms with Crippen molar-refractivity contribution in [2.45, 2.75) is 68.9 Å². The van der Waals surface area contributed by atoms with Crippen LogP contribution in [-0.2, 0) is 10.2 Å². The molecule has 6 bridgehead atoms. The van der Waals surface area contributed by atoms with Crippen molar-refractivity contribution in [1.82, 2.24) is 10.6 Å². The van der Waals surface area contributed by atoms with Gasteiger partial charge in [-0.05, 0) is 80.7 Å². The van der Waals surface area contributed by atoms with Gasteiger partial charge in [-0.15, -0.1) is 0 Å². The molecule has 1 amide bonds. The molecule has 7 rings (SSSR count). The average molecular weight is 383 g/mol. The van der Waals surface area contributed by atoms with Crippen LogP contribution >= 0.6 is 0 Å². The summed E-state index contributed by atoms with van der Waals surface area (Å²) < 4.78 is 14.4. The van der Waals surface area contributed by atoms with E-state index in [1.165, 1.54) is 12.0 Å². The summed E-state index contributed by atoms with van der Waals surface area (Å²) >= 11 is 0. The molecule has 5 aliphatic carbocycles. The summed E-state index contributed by atoms with van der Waals surface area (Å²) in [6.07, 6.45) is 7.95. The van der Waals surface area contributed by atoms with Crippen LogP contribution in [0.25, 0.3) is 0 Å². The van der Waals surface area contributed by atoms with Gasteiger partial charge in [0.05, 0.1) is 12.1 Å². The highest BCUT2D eigenvalue weighted by atomic mass is 19.1. The molecular formula is C24H31FN2O. The minimum atomic E-state index is -0.372. The molecule has 3 nitrogen and oxygen atoms in total. The number of halogens is 1. The number of hydrogen-bond donors (Lipinski definition) is 2. The quantitative estimate of drug-likeness (QED) is 0.833. The number of amides is 1. The van der Waals surface area contributed by atoms with Gasteiger partial charge in [0, 0.05) is 17.5 Å². The molecule has 2 N–H and O–H groups in total. The molecule has 1 aromatic rings. The van der Waals surface area contributed by atoms with Gasteiger partial charge in [-0.1, -0.05) is 30.3 Å². The fraction of sp³-hybridized carbons (Fsp3) is 0.708. The van der Waals surface area contributed by atoms with Gasteiger partial charge in [0.15, 0.2) is 0 Å². The lowest BCUT2D eigenvalue weighted by atomic mass is 9.38. The van der Waals surface area contributed by atoms with Crippen LogP contribution in [0.5, 0.6) is 0 Å². The van der Waals surface area contributed by atoms with Crippen molar-refractivity contribution in [2.24, 2.45) is 22.7 Å². The minimum absolute atomic E-state index is 0.0168. The summed E-state index contributed by atoms with van der Waals surface area (Å²) in [6.45, 7) is 0.829. The normalized spacial score (nSPS) is 48.2. The molecule has 7 atom stereocenters. The van der Waals surface area contributed by atoms with Crippen molar-refractivity contribution in [1.29, 1.82) is 0 Å². The van der Waals surface area contributed by atoms with Crippen molar-refractivity contribution in [3.05, 3.63) is 35.9 Å². The zero-order valence-electron chi connectivity index (χ0n) is 16.6. The zero-order valence-corrected chi connectivity index (χ0v) is 16.6. The Morgan fingerprint density at radius 3 is 2.64 bits per heavy atom. The number of alkyl halides is 1. The van der Waals surface area contributed by atoms with E-state index in [0.29, 0.717) is 12.0 Å². The van der Waals surface area contributed by atoms with Gasteiger partial charge in [-0.2, -0.15) is 0 Å². The van der Waals surface area contributed by atoms with Crippen LogP contribution in [0.2, 0.25) is 0 Å². The molecule has 1 aliphatic heterocycles. The highest BCUT2D eigenvalue weighted by Crippen LogP contribution is 2.70. The standard InChI is InChI=1S/C24H31FN2O/c25-15-22-8-17-9-23(12-22,18-4-2-1-3-5-18)14-24(10-17,13-22)21(28)27-20-7-16-6-19(20)26-11-16/h1-5,16-17,19-20,26H,6-15H2,(H,27,28)/t16?,17?,19?,20?,22-,23+,24?/m1/s1. The number of carbonyl (C=O) groups is 1. The van der Waals surface area contributed by atoms with E-state index in [-0.39, 0.29) is 34.9 Å². The summed E-state index contributed by atoms with van der Waals surface area (Å²) in [4.78, 5) is 13.7. The largest absolute Gasteiger partial charge is 0.351 e. The summed E-state index contributed by atoms with van der Waals surface area (Å²) in [6, 6.07) is 11.4. The number of rotatable bonds is 4. The van der Waals surface area contributed by atoms with Gasteiger partial charge >= 0.3 is 0 Å². The first-order chi connectivity index (χ1) is 13.5. The van der Waals surface area contributed by atoms with Gasteiger partial charge in [0.1, 0.15) is 0 Å². The van der Waals surface area contributed by atoms with Crippen molar-refractivity contribution in [2.75, 3.05) is 13.2 Å². The number of hydrogen-bond acceptors (Lipinski definition) is 2. The fourth-order valence-electron chi connectivity index (χ4n) is 8.49. The Hall–Kier alpha value is -1.42. The summed E-state index contributed by atoms with van der Waals surface area (Å²) in [5.41, 5.74) is 0.649. The smallest absolute Gasteiger partial charge is 0.226 e. The van der Waals surface area contributed by atoms with E-state index in [1.54, 1.807) is 0 Å². The van der Waals surface area contributed by atoms with Crippen LogP contribution in [0.3, 0.4) is 0 Å². The van der Waals surface area contributed by atoms with Crippen LogP contribution in [0, 0.1) is 22.7 Å². The monoisotopic (exact) mass is 382 g/mol. The van der Waals surface area contributed by atoms with Crippen molar-refractivity contribution in [3.63, 3.8) is 0 Å². The first-order valence-corrected chi connectivity index (χ1v) is 11.2. The minimum Gasteiger partial charge on any atom is -0.351 e. The fourth-order valence-corrected chi connectivity index (χ4v) is 8.49. The Morgan fingerprint density at radius 1 is 1.07 bits per heavy atom. The van der Waals surface area contributed by atoms with Gasteiger partial charge in [-0.3, -0.25) is 9.18 Å². The zero-order chi connectivity index (χ0) is 19.0. The summed E-state index contributed by atoms with van der Waals surface area (Å²) in [5.74, 6) is 1.43. The van der Waals surface area contributed by atoms with Crippen molar-refractivity contribution >= 4 is 5.91 Å². The second-order valence-corrected chi connectivity index (χ2v) is 11.0. The Kier molecular flexibility index (Phi) is 3.62. The molecule has 0 radical (unpaired) electrons. The Labute approximate surface area is 166 Å². The van der Waals surface area contributed by atoms with Crippen LogP contribution in [0.15, 0.2) is 30.3 Å². The van der Waals surface area contributed by atoms with Gasteiger partial charge in [-0.25, -0.2) is 0 Å². The number of nitrogens with one attached hydrogen (secondary N) is 2. The Balaban J connectivity index is 1.34. The van der Waals surface area contributed by atoms with E-state index >= 15 is 0 Å². The summed E-state index contributed by atoms with van der Waals surface area (Å²) in [7, 11) is 0. The first kappa shape index (κ1) is 17.4. The predicted molar refractivity (Wildman–Crippen MR) is 107 cm³/mol. The second kappa shape index (κ2) is 5.81. The van der Waals surface area contributed by atoms with Crippen LogP contribution < -0.4 is 10.6 Å². The van der Waals surface area contributed by atoms with Crippen LogP contribution in [-0.4, -0.2) is 31.2 Å². The van der Waals surface area contributed by atoms with E-state index in [1.807, 2.05) is 0 Å². The molecule has 1 aromatic carbocycles. The Bertz CT molecular complexity index is 799. The highest BCUT2D eigenvalue weighted by Gasteiger charge is 2.66. The SMILES string of the molecule is O=C(NC1CC2CNC1C2)C12CC3C[C@](CF)(C1)C[C@@](c1ccccc1)(C3)C2. The lowest BCUT2D eigenvalue weighted by Crippen LogP contribution is -2.64. The molecule has 0 spiro atoms. The molecule has 6 fully saturated rings. The molecule has 28 heavy (non-hydrogen) atoms. The molecule has 6 aliphatic rings. The second-order valence-electron chi connectivity index (χ2n) is 11.0.